The van der Waals surface area contributed by atoms with Crippen molar-refractivity contribution < 1.29 is 9.47 Å². The van der Waals surface area contributed by atoms with Crippen LogP contribution in [0.25, 0.3) is 0 Å². The largest absolute Gasteiger partial charge is 0.493 e. The first-order valence-electron chi connectivity index (χ1n) is 8.87. The molecular formula is C19H29IN6O2. The van der Waals surface area contributed by atoms with Crippen LogP contribution in [0.4, 0.5) is 5.69 Å². The van der Waals surface area contributed by atoms with Gasteiger partial charge < -0.3 is 24.7 Å². The molecule has 0 aliphatic carbocycles. The maximum Gasteiger partial charge on any atom is 0.196 e. The Kier molecular flexibility index (Phi) is 11.2. The van der Waals surface area contributed by atoms with Crippen molar-refractivity contribution in [3.05, 3.63) is 48.6 Å². The summed E-state index contributed by atoms with van der Waals surface area (Å²) in [6.45, 7) is 7.95. The molecule has 9 heteroatoms. The van der Waals surface area contributed by atoms with Gasteiger partial charge in [0, 0.05) is 45.5 Å². The number of halogens is 1. The Hall–Kier alpha value is -2.14. The van der Waals surface area contributed by atoms with E-state index in [2.05, 4.69) is 32.4 Å². The number of anilines is 1. The zero-order valence-corrected chi connectivity index (χ0v) is 19.0. The maximum atomic E-state index is 5.74. The Balaban J connectivity index is 0.00000392. The number of ether oxygens (including phenoxy) is 2. The monoisotopic (exact) mass is 500 g/mol. The molecule has 0 saturated heterocycles. The van der Waals surface area contributed by atoms with Crippen molar-refractivity contribution in [2.45, 2.75) is 19.9 Å². The Morgan fingerprint density at radius 1 is 1.32 bits per heavy atom. The quantitative estimate of drug-likeness (QED) is 0.172. The van der Waals surface area contributed by atoms with Crippen molar-refractivity contribution in [1.82, 2.24) is 20.1 Å². The van der Waals surface area contributed by atoms with E-state index in [-0.39, 0.29) is 24.0 Å². The number of rotatable bonds is 10. The van der Waals surface area contributed by atoms with Gasteiger partial charge in [-0.05, 0) is 19.1 Å². The minimum absolute atomic E-state index is 0. The second-order valence-corrected chi connectivity index (χ2v) is 5.90. The summed E-state index contributed by atoms with van der Waals surface area (Å²) in [6.07, 6.45) is 2.62. The topological polar surface area (TPSA) is 85.6 Å². The second-order valence-electron chi connectivity index (χ2n) is 5.90. The van der Waals surface area contributed by atoms with Gasteiger partial charge in [-0.15, -0.1) is 40.8 Å². The summed E-state index contributed by atoms with van der Waals surface area (Å²) >= 11 is 0. The number of nitrogens with zero attached hydrogens (tertiary/aromatic N) is 4. The minimum Gasteiger partial charge on any atom is -0.493 e. The van der Waals surface area contributed by atoms with E-state index < -0.39 is 0 Å². The molecule has 0 aliphatic heterocycles. The third-order valence-electron chi connectivity index (χ3n) is 3.83. The molecule has 0 bridgehead atoms. The van der Waals surface area contributed by atoms with Crippen LogP contribution in [0.15, 0.2) is 41.9 Å². The van der Waals surface area contributed by atoms with E-state index in [4.69, 9.17) is 9.47 Å². The summed E-state index contributed by atoms with van der Waals surface area (Å²) in [5.74, 6) is 3.07. The Morgan fingerprint density at radius 3 is 2.82 bits per heavy atom. The highest BCUT2D eigenvalue weighted by Crippen LogP contribution is 2.17. The first kappa shape index (κ1) is 23.9. The van der Waals surface area contributed by atoms with Gasteiger partial charge in [-0.25, -0.2) is 4.99 Å². The van der Waals surface area contributed by atoms with Crippen molar-refractivity contribution in [3.63, 3.8) is 0 Å². The molecule has 0 saturated carbocycles. The molecule has 0 amide bonds. The SMILES string of the molecule is C=CCNC(=NCc1nnc(C)n1C)Nc1cccc(OCCCOC)c1.I. The van der Waals surface area contributed by atoms with E-state index in [0.29, 0.717) is 32.3 Å². The third kappa shape index (κ3) is 7.85. The minimum atomic E-state index is 0. The molecule has 154 valence electrons. The smallest absolute Gasteiger partial charge is 0.196 e. The van der Waals surface area contributed by atoms with Gasteiger partial charge in [0.15, 0.2) is 11.8 Å². The average molecular weight is 500 g/mol. The molecule has 0 atom stereocenters. The maximum absolute atomic E-state index is 5.74. The van der Waals surface area contributed by atoms with Crippen molar-refractivity contribution in [1.29, 1.82) is 0 Å². The summed E-state index contributed by atoms with van der Waals surface area (Å²) in [7, 11) is 3.61. The van der Waals surface area contributed by atoms with Crippen molar-refractivity contribution >= 4 is 35.6 Å². The first-order valence-corrected chi connectivity index (χ1v) is 8.87. The van der Waals surface area contributed by atoms with Crippen LogP contribution < -0.4 is 15.4 Å². The number of hydrogen-bond acceptors (Lipinski definition) is 5. The van der Waals surface area contributed by atoms with E-state index in [1.807, 2.05) is 42.8 Å². The molecule has 0 aliphatic rings. The molecule has 0 fully saturated rings. The lowest BCUT2D eigenvalue weighted by molar-refractivity contribution is 0.172. The number of aryl methyl sites for hydroxylation is 1. The van der Waals surface area contributed by atoms with Crippen molar-refractivity contribution in [2.75, 3.05) is 32.2 Å². The zero-order chi connectivity index (χ0) is 19.5. The van der Waals surface area contributed by atoms with E-state index in [1.165, 1.54) is 0 Å². The van der Waals surface area contributed by atoms with Gasteiger partial charge in [-0.3, -0.25) is 0 Å². The highest BCUT2D eigenvalue weighted by atomic mass is 127. The van der Waals surface area contributed by atoms with Crippen LogP contribution in [-0.2, 0) is 18.3 Å². The molecule has 2 rings (SSSR count). The number of nitrogens with one attached hydrogen (secondary N) is 2. The van der Waals surface area contributed by atoms with Crippen molar-refractivity contribution in [2.24, 2.45) is 12.0 Å². The Bertz CT molecular complexity index is 763. The van der Waals surface area contributed by atoms with Gasteiger partial charge in [0.1, 0.15) is 18.1 Å². The van der Waals surface area contributed by atoms with E-state index >= 15 is 0 Å². The van der Waals surface area contributed by atoms with Gasteiger partial charge in [-0.1, -0.05) is 12.1 Å². The third-order valence-corrected chi connectivity index (χ3v) is 3.83. The van der Waals surface area contributed by atoms with Crippen LogP contribution in [0.5, 0.6) is 5.75 Å². The van der Waals surface area contributed by atoms with Gasteiger partial charge in [-0.2, -0.15) is 0 Å². The molecule has 8 nitrogen and oxygen atoms in total. The highest BCUT2D eigenvalue weighted by Gasteiger charge is 2.06. The molecule has 2 aromatic rings. The van der Waals surface area contributed by atoms with Gasteiger partial charge in [0.2, 0.25) is 0 Å². The number of methoxy groups -OCH3 is 1. The molecule has 1 aromatic heterocycles. The molecule has 0 unspecified atom stereocenters. The lowest BCUT2D eigenvalue weighted by Crippen LogP contribution is -2.31. The van der Waals surface area contributed by atoms with Gasteiger partial charge in [0.25, 0.3) is 0 Å². The van der Waals surface area contributed by atoms with E-state index in [1.54, 1.807) is 13.2 Å². The predicted molar refractivity (Wildman–Crippen MR) is 123 cm³/mol. The molecule has 1 aromatic carbocycles. The molecule has 0 spiro atoms. The lowest BCUT2D eigenvalue weighted by atomic mass is 10.3. The molecule has 28 heavy (non-hydrogen) atoms. The first-order chi connectivity index (χ1) is 13.1. The summed E-state index contributed by atoms with van der Waals surface area (Å²) in [5, 5.41) is 14.7. The normalized spacial score (nSPS) is 10.9. The number of aromatic nitrogens is 3. The number of hydrogen-bond donors (Lipinski definition) is 2. The van der Waals surface area contributed by atoms with Crippen LogP contribution in [-0.4, -0.2) is 47.6 Å². The fourth-order valence-corrected chi connectivity index (χ4v) is 2.24. The van der Waals surface area contributed by atoms with E-state index in [0.717, 1.165) is 29.5 Å². The van der Waals surface area contributed by atoms with Crippen molar-refractivity contribution in [3.8, 4) is 5.75 Å². The molecule has 0 radical (unpaired) electrons. The summed E-state index contributed by atoms with van der Waals surface area (Å²) in [6, 6.07) is 7.75. The van der Waals surface area contributed by atoms with Crippen LogP contribution >= 0.6 is 24.0 Å². The number of benzene rings is 1. The lowest BCUT2D eigenvalue weighted by Gasteiger charge is -2.13. The van der Waals surface area contributed by atoms with Crippen LogP contribution in [0.2, 0.25) is 0 Å². The summed E-state index contributed by atoms with van der Waals surface area (Å²) in [5.41, 5.74) is 0.878. The summed E-state index contributed by atoms with van der Waals surface area (Å²) in [4.78, 5) is 4.58. The average Bonchev–Trinajstić information content (AvgIpc) is 3.00. The second kappa shape index (κ2) is 13.1. The summed E-state index contributed by atoms with van der Waals surface area (Å²) < 4.78 is 12.7. The Labute approximate surface area is 183 Å². The molecule has 1 heterocycles. The Morgan fingerprint density at radius 2 is 2.14 bits per heavy atom. The van der Waals surface area contributed by atoms with Gasteiger partial charge >= 0.3 is 0 Å². The molecular weight excluding hydrogens is 471 g/mol. The number of aliphatic imine (C=N–C) groups is 1. The zero-order valence-electron chi connectivity index (χ0n) is 16.6. The number of guanidine groups is 1. The fraction of sp³-hybridized carbons (Fsp3) is 0.421. The highest BCUT2D eigenvalue weighted by molar-refractivity contribution is 14.0. The van der Waals surface area contributed by atoms with E-state index in [9.17, 15) is 0 Å². The molecule has 2 N–H and O–H groups in total. The van der Waals surface area contributed by atoms with Gasteiger partial charge in [0.05, 0.1) is 6.61 Å². The van der Waals surface area contributed by atoms with Crippen LogP contribution in [0.3, 0.4) is 0 Å². The van der Waals surface area contributed by atoms with Crippen LogP contribution in [0.1, 0.15) is 18.1 Å². The predicted octanol–water partition coefficient (Wildman–Crippen LogP) is 2.90. The fourth-order valence-electron chi connectivity index (χ4n) is 2.24. The standard InChI is InChI=1S/C19H28N6O2.HI/c1-5-10-20-19(21-14-18-24-23-15(2)25(18)3)22-16-8-6-9-17(13-16)27-12-7-11-26-4;/h5-6,8-9,13H,1,7,10-12,14H2,2-4H3,(H2,20,21,22);1H. The van der Waals surface area contributed by atoms with Crippen LogP contribution in [0, 0.1) is 6.92 Å².